The molecule has 0 saturated carbocycles. The molecule has 18 rings (SSSR count). The van der Waals surface area contributed by atoms with Gasteiger partial charge in [-0.05, 0) is 139 Å². The Hall–Kier alpha value is -11.5. The molecule has 0 radical (unpaired) electrons. The average Bonchev–Trinajstić information content (AvgIpc) is 1.41. The van der Waals surface area contributed by atoms with Crippen molar-refractivity contribution in [2.45, 2.75) is 13.8 Å². The first-order chi connectivity index (χ1) is 43.4. The molecule has 0 aliphatic heterocycles. The molecule has 0 bridgehead atoms. The molecule has 0 saturated heterocycles. The van der Waals surface area contributed by atoms with Crippen LogP contribution in [0.25, 0.3) is 186 Å². The molecule has 0 unspecified atom stereocenters. The first kappa shape index (κ1) is 52.1. The smallest absolute Gasteiger partial charge is 0.143 e. The molecule has 0 N–H and O–H groups in total. The summed E-state index contributed by atoms with van der Waals surface area (Å²) < 4.78 is 26.3. The molecule has 416 valence electrons. The van der Waals surface area contributed by atoms with E-state index >= 15 is 0 Å². The van der Waals surface area contributed by atoms with Crippen molar-refractivity contribution < 1.29 is 17.7 Å². The van der Waals surface area contributed by atoms with E-state index in [1.165, 1.54) is 0 Å². The van der Waals surface area contributed by atoms with Crippen molar-refractivity contribution in [1.29, 1.82) is 0 Å². The SMILES string of the molecule is C/C=C\C.C=CC(=C)c1c2ccccc2c(-c2cc3ccc4oc5ccccc5c4c3c3c2oc2ccccc23)c2ccccc12.C=CC(=C)c1c2ccccc2c(-c2cc3ccc4oc5ccccc5c4c3c3c2oc2ccccc23)c2ccccc12. The van der Waals surface area contributed by atoms with Gasteiger partial charge in [-0.15, -0.1) is 0 Å². The molecule has 0 atom stereocenters. The van der Waals surface area contributed by atoms with Crippen LogP contribution in [0.2, 0.25) is 0 Å². The predicted octanol–water partition coefficient (Wildman–Crippen LogP) is 25.2. The number of fused-ring (bicyclic) bond motifs is 22. The van der Waals surface area contributed by atoms with Gasteiger partial charge in [-0.3, -0.25) is 0 Å². The third-order valence-electron chi connectivity index (χ3n) is 17.8. The fourth-order valence-electron chi connectivity index (χ4n) is 14.0. The molecule has 0 aliphatic rings. The van der Waals surface area contributed by atoms with Crippen LogP contribution in [0.4, 0.5) is 0 Å². The summed E-state index contributed by atoms with van der Waals surface area (Å²) >= 11 is 0. The van der Waals surface area contributed by atoms with E-state index in [-0.39, 0.29) is 0 Å². The van der Waals surface area contributed by atoms with Gasteiger partial charge in [-0.25, -0.2) is 0 Å². The second kappa shape index (κ2) is 20.7. The molecule has 4 aromatic heterocycles. The predicted molar refractivity (Wildman–Crippen MR) is 377 cm³/mol. The Bertz CT molecular complexity index is 5560. The highest BCUT2D eigenvalue weighted by atomic mass is 16.3. The van der Waals surface area contributed by atoms with Crippen LogP contribution >= 0.6 is 0 Å². The van der Waals surface area contributed by atoms with Gasteiger partial charge in [0.15, 0.2) is 0 Å². The molecule has 18 aromatic rings. The minimum absolute atomic E-state index is 0.872. The zero-order valence-electron chi connectivity index (χ0n) is 48.7. The van der Waals surface area contributed by atoms with E-state index < -0.39 is 0 Å². The fourth-order valence-corrected chi connectivity index (χ4v) is 14.0. The Morgan fingerprint density at radius 2 is 0.557 bits per heavy atom. The number of allylic oxidation sites excluding steroid dienone is 6. The number of hydrogen-bond acceptors (Lipinski definition) is 4. The molecular weight excluding hydrogens is 1070 g/mol. The largest absolute Gasteiger partial charge is 0.456 e. The van der Waals surface area contributed by atoms with Crippen molar-refractivity contribution in [2.24, 2.45) is 0 Å². The highest BCUT2D eigenvalue weighted by Crippen LogP contribution is 2.52. The average molecular weight is 1130 g/mol. The minimum atomic E-state index is 0.872. The molecule has 88 heavy (non-hydrogen) atoms. The van der Waals surface area contributed by atoms with Gasteiger partial charge in [0, 0.05) is 76.1 Å². The van der Waals surface area contributed by atoms with Gasteiger partial charge in [-0.1, -0.05) is 233 Å². The first-order valence-corrected chi connectivity index (χ1v) is 29.8. The molecule has 4 nitrogen and oxygen atoms in total. The van der Waals surface area contributed by atoms with Gasteiger partial charge >= 0.3 is 0 Å². The normalized spacial score (nSPS) is 11.9. The highest BCUT2D eigenvalue weighted by Gasteiger charge is 2.26. The third-order valence-corrected chi connectivity index (χ3v) is 17.8. The van der Waals surface area contributed by atoms with E-state index in [0.29, 0.717) is 0 Å². The molecule has 4 heterocycles. The Kier molecular flexibility index (Phi) is 12.2. The van der Waals surface area contributed by atoms with Gasteiger partial charge in [0.05, 0.1) is 0 Å². The van der Waals surface area contributed by atoms with Crippen LogP contribution in [0.5, 0.6) is 0 Å². The summed E-state index contributed by atoms with van der Waals surface area (Å²) in [5.41, 5.74) is 15.6. The first-order valence-electron chi connectivity index (χ1n) is 29.8. The standard InChI is InChI=1S/2C40H24O2.C4H8/c2*1-3-23(2)35-25-12-4-6-14-27(25)37(28-15-7-5-13-26(28)35)31-22-24-20-21-34-38(29-16-8-10-18-32(29)41-34)36(24)39-30-17-9-11-19-33(30)42-40(31)39;1-3-4-2/h2*3-22H,1-2H2;3-4H,1-2H3/b;;4-3-. The summed E-state index contributed by atoms with van der Waals surface area (Å²) in [6, 6.07) is 80.9. The molecule has 0 aliphatic carbocycles. The molecular formula is C84H56O4. The van der Waals surface area contributed by atoms with E-state index in [0.717, 1.165) is 197 Å². The quantitative estimate of drug-likeness (QED) is 0.0946. The summed E-state index contributed by atoms with van der Waals surface area (Å²) in [5, 5.41) is 22.7. The van der Waals surface area contributed by atoms with E-state index in [2.05, 4.69) is 220 Å². The maximum atomic E-state index is 6.82. The summed E-state index contributed by atoms with van der Waals surface area (Å²) in [4.78, 5) is 0. The number of furan rings is 4. The lowest BCUT2D eigenvalue weighted by molar-refractivity contribution is 0.668. The summed E-state index contributed by atoms with van der Waals surface area (Å²) in [6.45, 7) is 20.8. The summed E-state index contributed by atoms with van der Waals surface area (Å²) in [6.07, 6.45) is 7.70. The van der Waals surface area contributed by atoms with Crippen LogP contribution < -0.4 is 0 Å². The van der Waals surface area contributed by atoms with Crippen molar-refractivity contribution >= 4 is 164 Å². The van der Waals surface area contributed by atoms with Crippen molar-refractivity contribution in [2.75, 3.05) is 0 Å². The van der Waals surface area contributed by atoms with Crippen molar-refractivity contribution in [3.8, 4) is 22.3 Å². The summed E-state index contributed by atoms with van der Waals surface area (Å²) in [5.74, 6) is 0. The lowest BCUT2D eigenvalue weighted by Crippen LogP contribution is -1.93. The van der Waals surface area contributed by atoms with E-state index in [9.17, 15) is 0 Å². The molecule has 0 amide bonds. The molecule has 0 fully saturated rings. The number of para-hydroxylation sites is 4. The van der Waals surface area contributed by atoms with Gasteiger partial charge in [0.1, 0.15) is 44.7 Å². The topological polar surface area (TPSA) is 52.6 Å². The van der Waals surface area contributed by atoms with Crippen LogP contribution in [-0.2, 0) is 0 Å². The number of hydrogen-bond donors (Lipinski definition) is 0. The Morgan fingerprint density at radius 1 is 0.284 bits per heavy atom. The van der Waals surface area contributed by atoms with E-state index in [1.54, 1.807) is 0 Å². The Morgan fingerprint density at radius 3 is 0.864 bits per heavy atom. The van der Waals surface area contributed by atoms with Gasteiger partial charge in [0.25, 0.3) is 0 Å². The summed E-state index contributed by atoms with van der Waals surface area (Å²) in [7, 11) is 0. The van der Waals surface area contributed by atoms with Crippen LogP contribution in [0, 0.1) is 0 Å². The Balaban J connectivity index is 0.000000134. The maximum absolute atomic E-state index is 6.82. The molecule has 0 spiro atoms. The second-order valence-electron chi connectivity index (χ2n) is 22.5. The monoisotopic (exact) mass is 1130 g/mol. The van der Waals surface area contributed by atoms with Crippen LogP contribution in [0.3, 0.4) is 0 Å². The molecule has 4 heteroatoms. The van der Waals surface area contributed by atoms with Crippen molar-refractivity contribution in [1.82, 2.24) is 0 Å². The lowest BCUT2D eigenvalue weighted by Gasteiger charge is -2.18. The van der Waals surface area contributed by atoms with Crippen molar-refractivity contribution in [3.05, 3.63) is 292 Å². The van der Waals surface area contributed by atoms with E-state index in [4.69, 9.17) is 17.7 Å². The zero-order valence-corrected chi connectivity index (χ0v) is 48.7. The maximum Gasteiger partial charge on any atom is 0.143 e. The minimum Gasteiger partial charge on any atom is -0.456 e. The second-order valence-corrected chi connectivity index (χ2v) is 22.5. The fraction of sp³-hybridized carbons (Fsp3) is 0.0238. The van der Waals surface area contributed by atoms with E-state index in [1.807, 2.05) is 74.5 Å². The highest BCUT2D eigenvalue weighted by molar-refractivity contribution is 6.36. The third kappa shape index (κ3) is 7.79. The van der Waals surface area contributed by atoms with Crippen LogP contribution in [-0.4, -0.2) is 0 Å². The lowest BCUT2D eigenvalue weighted by atomic mass is 9.84. The Labute approximate surface area is 506 Å². The molecule has 14 aromatic carbocycles. The zero-order chi connectivity index (χ0) is 59.3. The van der Waals surface area contributed by atoms with Gasteiger partial charge < -0.3 is 17.7 Å². The van der Waals surface area contributed by atoms with Crippen LogP contribution in [0.15, 0.2) is 299 Å². The van der Waals surface area contributed by atoms with Crippen LogP contribution in [0.1, 0.15) is 25.0 Å². The number of benzene rings is 14. The van der Waals surface area contributed by atoms with Gasteiger partial charge in [0.2, 0.25) is 0 Å². The van der Waals surface area contributed by atoms with Gasteiger partial charge in [-0.2, -0.15) is 0 Å². The number of rotatable bonds is 6. The van der Waals surface area contributed by atoms with Crippen molar-refractivity contribution in [3.63, 3.8) is 0 Å².